The molecule has 1 saturated heterocycles. The van der Waals surface area contributed by atoms with E-state index in [1.807, 2.05) is 6.92 Å². The molecule has 6 aliphatic rings. The molecule has 13 nitrogen and oxygen atoms in total. The van der Waals surface area contributed by atoms with E-state index in [0.29, 0.717) is 19.5 Å². The van der Waals surface area contributed by atoms with Crippen LogP contribution in [0.2, 0.25) is 0 Å². The third-order valence-corrected chi connectivity index (χ3v) is 13.4. The summed E-state index contributed by atoms with van der Waals surface area (Å²) in [5, 5.41) is 25.5. The van der Waals surface area contributed by atoms with E-state index >= 15 is 0 Å². The van der Waals surface area contributed by atoms with Gasteiger partial charge >= 0.3 is 17.9 Å². The van der Waals surface area contributed by atoms with Crippen molar-refractivity contribution in [1.82, 2.24) is 4.90 Å². The molecule has 15 atom stereocenters. The Morgan fingerprint density at radius 2 is 1.63 bits per heavy atom. The van der Waals surface area contributed by atoms with E-state index in [1.165, 1.54) is 21.0 Å². The Morgan fingerprint density at radius 3 is 2.20 bits per heavy atom. The first-order valence-electron chi connectivity index (χ1n) is 17.2. The van der Waals surface area contributed by atoms with Crippen LogP contribution in [0, 0.1) is 34.5 Å². The van der Waals surface area contributed by atoms with E-state index in [0.717, 1.165) is 0 Å². The van der Waals surface area contributed by atoms with Gasteiger partial charge in [-0.1, -0.05) is 25.1 Å². The minimum Gasteiger partial charge on any atom is -0.462 e. The van der Waals surface area contributed by atoms with Gasteiger partial charge < -0.3 is 43.4 Å². The van der Waals surface area contributed by atoms with Gasteiger partial charge in [-0.3, -0.25) is 14.5 Å². The van der Waals surface area contributed by atoms with Gasteiger partial charge in [0.15, 0.2) is 5.60 Å². The average Bonchev–Trinajstić information content (AvgIpc) is 3.44. The molecule has 49 heavy (non-hydrogen) atoms. The van der Waals surface area contributed by atoms with Crippen molar-refractivity contribution in [3.05, 3.63) is 35.9 Å². The van der Waals surface area contributed by atoms with Crippen molar-refractivity contribution in [3.8, 4) is 0 Å². The zero-order valence-electron chi connectivity index (χ0n) is 29.2. The van der Waals surface area contributed by atoms with E-state index in [9.17, 15) is 24.6 Å². The maximum absolute atomic E-state index is 13.8. The summed E-state index contributed by atoms with van der Waals surface area (Å²) in [6.45, 7) is 5.99. The first-order chi connectivity index (χ1) is 23.4. The quantitative estimate of drug-likeness (QED) is 0.267. The number of methoxy groups -OCH3 is 4. The summed E-state index contributed by atoms with van der Waals surface area (Å²) in [5.41, 5.74) is -4.92. The van der Waals surface area contributed by atoms with Crippen molar-refractivity contribution in [3.63, 3.8) is 0 Å². The molecule has 2 N–H and O–H groups in total. The van der Waals surface area contributed by atoms with Crippen LogP contribution in [-0.4, -0.2) is 135 Å². The van der Waals surface area contributed by atoms with Crippen LogP contribution in [0.1, 0.15) is 44.0 Å². The minimum absolute atomic E-state index is 0.0534. The lowest BCUT2D eigenvalue weighted by Gasteiger charge is -2.70. The lowest BCUT2D eigenvalue weighted by Crippen LogP contribution is -2.81. The number of benzene rings is 1. The highest BCUT2D eigenvalue weighted by molar-refractivity contribution is 5.89. The molecule has 0 amide bonds. The summed E-state index contributed by atoms with van der Waals surface area (Å²) in [5.74, 6) is -4.24. The Balaban J connectivity index is 1.53. The van der Waals surface area contributed by atoms with Crippen molar-refractivity contribution in [2.75, 3.05) is 48.1 Å². The third kappa shape index (κ3) is 4.21. The first kappa shape index (κ1) is 34.8. The van der Waals surface area contributed by atoms with E-state index in [2.05, 4.69) is 4.90 Å². The fourth-order valence-corrected chi connectivity index (χ4v) is 12.7. The van der Waals surface area contributed by atoms with Crippen molar-refractivity contribution >= 4 is 17.9 Å². The Bertz CT molecular complexity index is 1480. The molecule has 1 aromatic rings. The number of hydrogen-bond donors (Lipinski definition) is 2. The highest BCUT2D eigenvalue weighted by atomic mass is 16.6. The van der Waals surface area contributed by atoms with Crippen molar-refractivity contribution in [2.24, 2.45) is 34.5 Å². The fourth-order valence-electron chi connectivity index (χ4n) is 12.7. The molecule has 1 spiro atoms. The van der Waals surface area contributed by atoms with Crippen LogP contribution in [0.5, 0.6) is 0 Å². The monoisotopic (exact) mass is 687 g/mol. The molecule has 1 aromatic carbocycles. The van der Waals surface area contributed by atoms with E-state index < -0.39 is 100 Å². The predicted octanol–water partition coefficient (Wildman–Crippen LogP) is 1.22. The number of hydrogen-bond acceptors (Lipinski definition) is 13. The Hall–Kier alpha value is -2.65. The van der Waals surface area contributed by atoms with Gasteiger partial charge in [0.2, 0.25) is 0 Å². The van der Waals surface area contributed by atoms with Gasteiger partial charge in [0.25, 0.3) is 0 Å². The van der Waals surface area contributed by atoms with E-state index in [1.54, 1.807) is 51.7 Å². The SMILES string of the molecule is CCN1C[C@@]2(COC)[C@H]3[C@@H](OC)[C@H]4[C@H]1[C@@]3([C@@H](OC)C[C@H]2OC(C)=O)[C@@H]1C[C@@]2(O)[C@H](OC(=O)c3ccccc3)[C@@H]1[C@]4(OC(C)=O)[C@@H](O)[C@@H]2OC. The molecule has 270 valence electrons. The molecule has 7 rings (SSSR count). The maximum atomic E-state index is 13.8. The Labute approximate surface area is 286 Å². The number of carbonyl (C=O) groups is 3. The van der Waals surface area contributed by atoms with Crippen molar-refractivity contribution < 1.29 is 57.8 Å². The van der Waals surface area contributed by atoms with Crippen LogP contribution in [0.25, 0.3) is 0 Å². The summed E-state index contributed by atoms with van der Waals surface area (Å²) in [6, 6.07) is 8.12. The second-order valence-corrected chi connectivity index (χ2v) is 15.0. The predicted molar refractivity (Wildman–Crippen MR) is 170 cm³/mol. The van der Waals surface area contributed by atoms with Crippen LogP contribution in [0.4, 0.5) is 0 Å². The van der Waals surface area contributed by atoms with Crippen LogP contribution >= 0.6 is 0 Å². The topological polar surface area (TPSA) is 160 Å². The zero-order chi connectivity index (χ0) is 35.3. The summed E-state index contributed by atoms with van der Waals surface area (Å²) in [6.07, 6.45) is -5.45. The van der Waals surface area contributed by atoms with Crippen LogP contribution in [0.3, 0.4) is 0 Å². The highest BCUT2D eigenvalue weighted by Gasteiger charge is 2.92. The van der Waals surface area contributed by atoms with Crippen molar-refractivity contribution in [1.29, 1.82) is 0 Å². The third-order valence-electron chi connectivity index (χ3n) is 13.4. The average molecular weight is 688 g/mol. The van der Waals surface area contributed by atoms with Crippen molar-refractivity contribution in [2.45, 2.75) is 87.5 Å². The minimum atomic E-state index is -1.86. The number of piperidine rings is 1. The second kappa shape index (κ2) is 12.0. The maximum Gasteiger partial charge on any atom is 0.338 e. The Kier molecular flexibility index (Phi) is 8.49. The van der Waals surface area contributed by atoms with Gasteiger partial charge in [-0.25, -0.2) is 4.79 Å². The molecule has 0 radical (unpaired) electrons. The van der Waals surface area contributed by atoms with Gasteiger partial charge in [0.05, 0.1) is 24.4 Å². The summed E-state index contributed by atoms with van der Waals surface area (Å²) < 4.78 is 43.9. The number of aliphatic hydroxyl groups excluding tert-OH is 1. The number of likely N-dealkylation sites (tertiary alicyclic amines) is 1. The van der Waals surface area contributed by atoms with Crippen LogP contribution in [-0.2, 0) is 42.7 Å². The molecular weight excluding hydrogens is 638 g/mol. The molecule has 5 aliphatic carbocycles. The standard InChI is InChI=1S/C36H49NO12/c1-8-37-16-33(17-43-4)22(47-18(2)38)14-23(44-5)35-21-15-34(42)30(48-32(41)20-12-10-9-11-13-20)24(21)36(49-19(3)39,29(40)31(34)46-7)25(28(35)37)26(45-6)27(33)35/h9-13,21-31,40,42H,8,14-17H2,1-7H3/t21-,22-,23+,24-,25+,26+,27-,28+,29+,30-,31+,33+,34-,35-,36-/m1/s1. The molecule has 7 bridgehead atoms. The number of carbonyl (C=O) groups excluding carboxylic acids is 3. The van der Waals surface area contributed by atoms with Gasteiger partial charge in [-0.15, -0.1) is 0 Å². The molecule has 1 aliphatic heterocycles. The molecule has 0 aromatic heterocycles. The fraction of sp³-hybridized carbons (Fsp3) is 0.750. The van der Waals surface area contributed by atoms with Crippen LogP contribution < -0.4 is 0 Å². The number of ether oxygens (including phenoxy) is 7. The molecule has 0 unspecified atom stereocenters. The summed E-state index contributed by atoms with van der Waals surface area (Å²) in [4.78, 5) is 42.2. The zero-order valence-corrected chi connectivity index (χ0v) is 29.2. The number of rotatable bonds is 10. The first-order valence-corrected chi connectivity index (χ1v) is 17.2. The Morgan fingerprint density at radius 1 is 0.918 bits per heavy atom. The van der Waals surface area contributed by atoms with E-state index in [4.69, 9.17) is 33.2 Å². The number of fused-ring (bicyclic) bond motifs is 2. The number of nitrogens with zero attached hydrogens (tertiary/aromatic N) is 1. The van der Waals surface area contributed by atoms with Gasteiger partial charge in [-0.2, -0.15) is 0 Å². The van der Waals surface area contributed by atoms with E-state index in [-0.39, 0.29) is 24.6 Å². The number of aliphatic hydroxyl groups is 2. The molecule has 5 saturated carbocycles. The van der Waals surface area contributed by atoms with Gasteiger partial charge in [-0.05, 0) is 31.0 Å². The molecule has 6 fully saturated rings. The van der Waals surface area contributed by atoms with Gasteiger partial charge in [0, 0.05) is 89.9 Å². The van der Waals surface area contributed by atoms with Gasteiger partial charge in [0.1, 0.15) is 30.0 Å². The smallest absolute Gasteiger partial charge is 0.338 e. The largest absolute Gasteiger partial charge is 0.462 e. The summed E-state index contributed by atoms with van der Waals surface area (Å²) >= 11 is 0. The molecule has 13 heteroatoms. The molecule has 1 heterocycles. The summed E-state index contributed by atoms with van der Waals surface area (Å²) in [7, 11) is 6.25. The second-order valence-electron chi connectivity index (χ2n) is 15.0. The highest BCUT2D eigenvalue weighted by Crippen LogP contribution is 2.80. The number of esters is 3. The van der Waals surface area contributed by atoms with Crippen LogP contribution in [0.15, 0.2) is 30.3 Å². The molecular formula is C36H49NO12. The normalized spacial score (nSPS) is 47.4. The lowest BCUT2D eigenvalue weighted by molar-refractivity contribution is -0.322. The lowest BCUT2D eigenvalue weighted by atomic mass is 9.42.